The van der Waals surface area contributed by atoms with Gasteiger partial charge in [-0.3, -0.25) is 4.98 Å². The number of hydrogen-bond acceptors (Lipinski definition) is 5. The fraction of sp³-hybridized carbons (Fsp3) is 0.294. The summed E-state index contributed by atoms with van der Waals surface area (Å²) in [5, 5.41) is 6.61. The van der Waals surface area contributed by atoms with E-state index in [1.54, 1.807) is 36.7 Å². The molecule has 26 heavy (non-hydrogen) atoms. The molecule has 2 N–H and O–H groups in total. The van der Waals surface area contributed by atoms with E-state index in [1.807, 2.05) is 12.1 Å². The van der Waals surface area contributed by atoms with Gasteiger partial charge in [0.25, 0.3) is 0 Å². The minimum Gasteiger partial charge on any atom is -0.379 e. The van der Waals surface area contributed by atoms with Crippen LogP contribution in [0, 0.1) is 0 Å². The van der Waals surface area contributed by atoms with Crippen LogP contribution in [0.4, 0.5) is 5.69 Å². The monoisotopic (exact) mass is 392 g/mol. The highest BCUT2D eigenvalue weighted by Crippen LogP contribution is 2.19. The molecule has 0 spiro atoms. The Balaban J connectivity index is 1.58. The number of thiocarbonyl (C=S) groups is 1. The largest absolute Gasteiger partial charge is 0.379 e. The molecule has 0 bridgehead atoms. The Kier molecular flexibility index (Phi) is 6.15. The van der Waals surface area contributed by atoms with Crippen LogP contribution in [0.15, 0.2) is 53.7 Å². The zero-order valence-electron chi connectivity index (χ0n) is 14.1. The molecule has 9 heteroatoms. The number of benzene rings is 1. The molecule has 1 aliphatic rings. The lowest BCUT2D eigenvalue weighted by molar-refractivity contribution is 0.0730. The molecule has 2 heterocycles. The second kappa shape index (κ2) is 8.54. The quantitative estimate of drug-likeness (QED) is 0.748. The van der Waals surface area contributed by atoms with E-state index >= 15 is 0 Å². The summed E-state index contributed by atoms with van der Waals surface area (Å²) in [5.41, 5.74) is 1.79. The van der Waals surface area contributed by atoms with Crippen LogP contribution in [0.1, 0.15) is 5.56 Å². The van der Waals surface area contributed by atoms with E-state index in [-0.39, 0.29) is 4.90 Å². The second-order valence-corrected chi connectivity index (χ2v) is 8.05. The molecule has 1 aliphatic heterocycles. The van der Waals surface area contributed by atoms with Crippen LogP contribution in [0.25, 0.3) is 0 Å². The summed E-state index contributed by atoms with van der Waals surface area (Å²) in [6.07, 6.45) is 3.45. The maximum absolute atomic E-state index is 12.6. The van der Waals surface area contributed by atoms with Gasteiger partial charge in [-0.2, -0.15) is 4.31 Å². The predicted molar refractivity (Wildman–Crippen MR) is 103 cm³/mol. The van der Waals surface area contributed by atoms with Gasteiger partial charge in [0, 0.05) is 37.7 Å². The van der Waals surface area contributed by atoms with Crippen molar-refractivity contribution in [1.29, 1.82) is 0 Å². The van der Waals surface area contributed by atoms with Crippen molar-refractivity contribution in [3.8, 4) is 0 Å². The van der Waals surface area contributed by atoms with Gasteiger partial charge in [0.05, 0.1) is 18.1 Å². The summed E-state index contributed by atoms with van der Waals surface area (Å²) in [6.45, 7) is 2.20. The normalized spacial score (nSPS) is 15.4. The number of pyridine rings is 1. The van der Waals surface area contributed by atoms with E-state index < -0.39 is 10.0 Å². The van der Waals surface area contributed by atoms with Gasteiger partial charge in [-0.1, -0.05) is 0 Å². The Morgan fingerprint density at radius 2 is 1.77 bits per heavy atom. The van der Waals surface area contributed by atoms with Gasteiger partial charge >= 0.3 is 0 Å². The third-order valence-electron chi connectivity index (χ3n) is 3.92. The van der Waals surface area contributed by atoms with Crippen molar-refractivity contribution < 1.29 is 13.2 Å². The summed E-state index contributed by atoms with van der Waals surface area (Å²) in [4.78, 5) is 4.23. The Morgan fingerprint density at radius 1 is 1.12 bits per heavy atom. The molecular weight excluding hydrogens is 372 g/mol. The Labute approximate surface area is 158 Å². The molecule has 7 nitrogen and oxygen atoms in total. The number of morpholine rings is 1. The highest BCUT2D eigenvalue weighted by atomic mass is 32.2. The molecule has 1 aromatic carbocycles. The van der Waals surface area contributed by atoms with Crippen molar-refractivity contribution in [1.82, 2.24) is 14.6 Å². The first-order valence-electron chi connectivity index (χ1n) is 8.17. The van der Waals surface area contributed by atoms with Gasteiger partial charge < -0.3 is 15.4 Å². The lowest BCUT2D eigenvalue weighted by Crippen LogP contribution is -2.40. The standard InChI is InChI=1S/C17H20N4O3S2/c22-26(23,21-9-11-24-12-10-21)16-3-1-15(2-4-16)20-17(25)19-13-14-5-7-18-8-6-14/h1-8H,9-13H2,(H2,19,20,25). The molecule has 0 saturated carbocycles. The number of ether oxygens (including phenoxy) is 1. The summed E-state index contributed by atoms with van der Waals surface area (Å²) >= 11 is 5.27. The molecule has 1 saturated heterocycles. The highest BCUT2D eigenvalue weighted by molar-refractivity contribution is 7.89. The fourth-order valence-corrected chi connectivity index (χ4v) is 4.10. The number of rotatable bonds is 5. The van der Waals surface area contributed by atoms with Crippen LogP contribution in [-0.2, 0) is 21.3 Å². The molecular formula is C17H20N4O3S2. The van der Waals surface area contributed by atoms with Crippen molar-refractivity contribution in [2.45, 2.75) is 11.4 Å². The van der Waals surface area contributed by atoms with Gasteiger partial charge in [0.15, 0.2) is 5.11 Å². The van der Waals surface area contributed by atoms with Gasteiger partial charge in [0.2, 0.25) is 10.0 Å². The Morgan fingerprint density at radius 3 is 2.42 bits per heavy atom. The number of sulfonamides is 1. The van der Waals surface area contributed by atoms with Crippen LogP contribution < -0.4 is 10.6 Å². The zero-order chi connectivity index (χ0) is 18.4. The van der Waals surface area contributed by atoms with Crippen LogP contribution in [-0.4, -0.2) is 49.1 Å². The Hall–Kier alpha value is -2.07. The molecule has 3 rings (SSSR count). The molecule has 0 unspecified atom stereocenters. The van der Waals surface area contributed by atoms with E-state index in [0.717, 1.165) is 11.3 Å². The molecule has 0 radical (unpaired) electrons. The van der Waals surface area contributed by atoms with E-state index in [1.165, 1.54) is 4.31 Å². The van der Waals surface area contributed by atoms with Gasteiger partial charge in [-0.05, 0) is 54.2 Å². The average molecular weight is 393 g/mol. The zero-order valence-corrected chi connectivity index (χ0v) is 15.7. The maximum Gasteiger partial charge on any atom is 0.243 e. The average Bonchev–Trinajstić information content (AvgIpc) is 2.68. The number of nitrogens with one attached hydrogen (secondary N) is 2. The third-order valence-corrected chi connectivity index (χ3v) is 6.08. The van der Waals surface area contributed by atoms with Crippen molar-refractivity contribution >= 4 is 33.0 Å². The smallest absolute Gasteiger partial charge is 0.243 e. The van der Waals surface area contributed by atoms with Gasteiger partial charge in [0.1, 0.15) is 0 Å². The molecule has 2 aromatic rings. The first-order valence-corrected chi connectivity index (χ1v) is 10.0. The molecule has 0 amide bonds. The predicted octanol–water partition coefficient (Wildman–Crippen LogP) is 1.59. The first-order chi connectivity index (χ1) is 12.6. The second-order valence-electron chi connectivity index (χ2n) is 5.70. The summed E-state index contributed by atoms with van der Waals surface area (Å²) < 4.78 is 31.8. The highest BCUT2D eigenvalue weighted by Gasteiger charge is 2.26. The van der Waals surface area contributed by atoms with Crippen molar-refractivity contribution in [2.24, 2.45) is 0 Å². The van der Waals surface area contributed by atoms with Crippen molar-refractivity contribution in [2.75, 3.05) is 31.6 Å². The fourth-order valence-electron chi connectivity index (χ4n) is 2.50. The van der Waals surface area contributed by atoms with Crippen LogP contribution in [0.2, 0.25) is 0 Å². The maximum atomic E-state index is 12.6. The first kappa shape index (κ1) is 18.7. The van der Waals surface area contributed by atoms with E-state index in [2.05, 4.69) is 15.6 Å². The Bertz CT molecular complexity index is 836. The number of nitrogens with zero attached hydrogens (tertiary/aromatic N) is 2. The molecule has 0 aliphatic carbocycles. The third kappa shape index (κ3) is 4.76. The number of anilines is 1. The molecule has 138 valence electrons. The SMILES string of the molecule is O=S(=O)(c1ccc(NC(=S)NCc2ccncc2)cc1)N1CCOCC1. The minimum atomic E-state index is -3.48. The minimum absolute atomic E-state index is 0.264. The number of hydrogen-bond donors (Lipinski definition) is 2. The van der Waals surface area contributed by atoms with Crippen LogP contribution in [0.5, 0.6) is 0 Å². The lowest BCUT2D eigenvalue weighted by Gasteiger charge is -2.26. The number of aromatic nitrogens is 1. The van der Waals surface area contributed by atoms with E-state index in [0.29, 0.717) is 38.0 Å². The topological polar surface area (TPSA) is 83.6 Å². The van der Waals surface area contributed by atoms with E-state index in [9.17, 15) is 8.42 Å². The van der Waals surface area contributed by atoms with Gasteiger partial charge in [-0.15, -0.1) is 0 Å². The van der Waals surface area contributed by atoms with E-state index in [4.69, 9.17) is 17.0 Å². The van der Waals surface area contributed by atoms with Gasteiger partial charge in [-0.25, -0.2) is 8.42 Å². The van der Waals surface area contributed by atoms with Crippen LogP contribution >= 0.6 is 12.2 Å². The van der Waals surface area contributed by atoms with Crippen LogP contribution in [0.3, 0.4) is 0 Å². The summed E-state index contributed by atoms with van der Waals surface area (Å²) in [7, 11) is -3.48. The summed E-state index contributed by atoms with van der Waals surface area (Å²) in [6, 6.07) is 10.4. The van der Waals surface area contributed by atoms with Crippen molar-refractivity contribution in [3.05, 3.63) is 54.4 Å². The molecule has 0 atom stereocenters. The molecule has 1 aromatic heterocycles. The lowest BCUT2D eigenvalue weighted by atomic mass is 10.3. The van der Waals surface area contributed by atoms with Crippen molar-refractivity contribution in [3.63, 3.8) is 0 Å². The summed E-state index contributed by atoms with van der Waals surface area (Å²) in [5.74, 6) is 0. The molecule has 1 fully saturated rings.